The summed E-state index contributed by atoms with van der Waals surface area (Å²) < 4.78 is 6.89. The van der Waals surface area contributed by atoms with Crippen LogP contribution in [0.2, 0.25) is 18.1 Å². The maximum Gasteiger partial charge on any atom is 0.192 e. The Morgan fingerprint density at radius 2 is 1.81 bits per heavy atom. The fourth-order valence-electron chi connectivity index (χ4n) is 8.42. The van der Waals surface area contributed by atoms with Crippen LogP contribution in [0, 0.1) is 40.4 Å². The van der Waals surface area contributed by atoms with Gasteiger partial charge in [0.05, 0.1) is 0 Å². The molecule has 0 radical (unpaired) electrons. The molecule has 1 N–H and O–H groups in total. The Bertz CT molecular complexity index is 706. The fraction of sp³-hybridized carbons (Fsp3) is 0.929. The maximum absolute atomic E-state index is 9.86. The molecule has 4 aliphatic carbocycles. The van der Waals surface area contributed by atoms with Gasteiger partial charge in [-0.3, -0.25) is 0 Å². The normalized spacial score (nSPS) is 44.2. The first-order chi connectivity index (χ1) is 14.3. The van der Waals surface area contributed by atoms with Gasteiger partial charge in [-0.05, 0) is 110 Å². The van der Waals surface area contributed by atoms with Crippen molar-refractivity contribution in [2.45, 2.75) is 117 Å². The van der Waals surface area contributed by atoms with Gasteiger partial charge in [0.15, 0.2) is 8.32 Å². The van der Waals surface area contributed by atoms with E-state index in [0.29, 0.717) is 34.5 Å². The largest absolute Gasteiger partial charge is 0.414 e. The molecular formula is C28H50O2Si. The van der Waals surface area contributed by atoms with Crippen molar-refractivity contribution in [1.29, 1.82) is 0 Å². The fourth-order valence-corrected chi connectivity index (χ4v) is 9.81. The Morgan fingerprint density at radius 1 is 1.10 bits per heavy atom. The van der Waals surface area contributed by atoms with E-state index in [1.54, 1.807) is 5.57 Å². The molecule has 0 saturated heterocycles. The first-order valence-electron chi connectivity index (χ1n) is 13.3. The minimum absolute atomic E-state index is 0.290. The van der Waals surface area contributed by atoms with Crippen LogP contribution in [0.25, 0.3) is 0 Å². The second kappa shape index (κ2) is 7.98. The second-order valence-corrected chi connectivity index (χ2v) is 18.6. The van der Waals surface area contributed by atoms with Gasteiger partial charge in [-0.15, -0.1) is 0 Å². The standard InChI is InChI=1S/C28H50O2Si/c1-19(18-29)23-11-12-24-22-10-9-20-17-21(30-31(7,8)26(2,3)4)13-15-27(20,5)25(22)14-16-28(23,24)6/h9,19,21-25,29H,10-18H2,1-8H3. The molecule has 0 aromatic rings. The number of aliphatic hydroxyl groups is 1. The van der Waals surface area contributed by atoms with Gasteiger partial charge in [-0.1, -0.05) is 53.2 Å². The molecule has 0 bridgehead atoms. The monoisotopic (exact) mass is 446 g/mol. The van der Waals surface area contributed by atoms with Crippen LogP contribution in [-0.2, 0) is 4.43 Å². The van der Waals surface area contributed by atoms with Crippen LogP contribution in [0.15, 0.2) is 11.6 Å². The Morgan fingerprint density at radius 3 is 2.45 bits per heavy atom. The summed E-state index contributed by atoms with van der Waals surface area (Å²) >= 11 is 0. The van der Waals surface area contributed by atoms with Crippen molar-refractivity contribution in [2.75, 3.05) is 6.61 Å². The molecule has 3 heteroatoms. The molecule has 4 rings (SSSR count). The summed E-state index contributed by atoms with van der Waals surface area (Å²) in [6.07, 6.45) is 13.7. The van der Waals surface area contributed by atoms with Crippen LogP contribution < -0.4 is 0 Å². The van der Waals surface area contributed by atoms with E-state index < -0.39 is 8.32 Å². The van der Waals surface area contributed by atoms with Gasteiger partial charge in [-0.25, -0.2) is 0 Å². The summed E-state index contributed by atoms with van der Waals surface area (Å²) in [5.74, 6) is 3.76. The SMILES string of the molecule is CC(CO)C1CCC2C3CC=C4CC(O[Si](C)(C)C(C)(C)C)CCC4(C)C3CCC12C. The van der Waals surface area contributed by atoms with Crippen LogP contribution in [-0.4, -0.2) is 26.1 Å². The highest BCUT2D eigenvalue weighted by Gasteiger charge is 2.59. The topological polar surface area (TPSA) is 29.5 Å². The van der Waals surface area contributed by atoms with Crippen molar-refractivity contribution in [3.63, 3.8) is 0 Å². The minimum Gasteiger partial charge on any atom is -0.414 e. The summed E-state index contributed by atoms with van der Waals surface area (Å²) in [7, 11) is -1.71. The van der Waals surface area contributed by atoms with Crippen molar-refractivity contribution in [1.82, 2.24) is 0 Å². The summed E-state index contributed by atoms with van der Waals surface area (Å²) in [5.41, 5.74) is 2.59. The molecule has 0 spiro atoms. The zero-order valence-electron chi connectivity index (χ0n) is 21.8. The van der Waals surface area contributed by atoms with E-state index in [0.717, 1.165) is 23.7 Å². The highest BCUT2D eigenvalue weighted by Crippen LogP contribution is 2.67. The van der Waals surface area contributed by atoms with Crippen LogP contribution in [0.3, 0.4) is 0 Å². The predicted molar refractivity (Wildman–Crippen MR) is 134 cm³/mol. The molecule has 0 amide bonds. The Labute approximate surface area is 193 Å². The van der Waals surface area contributed by atoms with E-state index in [9.17, 15) is 5.11 Å². The number of rotatable bonds is 4. The van der Waals surface area contributed by atoms with Gasteiger partial charge in [0.1, 0.15) is 0 Å². The van der Waals surface area contributed by atoms with Gasteiger partial charge >= 0.3 is 0 Å². The van der Waals surface area contributed by atoms with Crippen molar-refractivity contribution in [3.8, 4) is 0 Å². The lowest BCUT2D eigenvalue weighted by Gasteiger charge is -2.59. The summed E-state index contributed by atoms with van der Waals surface area (Å²) in [6.45, 7) is 19.8. The van der Waals surface area contributed by atoms with Crippen LogP contribution in [0.4, 0.5) is 0 Å². The highest BCUT2D eigenvalue weighted by atomic mass is 28.4. The average Bonchev–Trinajstić information content (AvgIpc) is 3.04. The molecular weight excluding hydrogens is 396 g/mol. The molecule has 0 aliphatic heterocycles. The lowest BCUT2D eigenvalue weighted by molar-refractivity contribution is -0.0591. The molecule has 0 heterocycles. The molecule has 3 fully saturated rings. The molecule has 178 valence electrons. The number of hydrogen-bond donors (Lipinski definition) is 1. The lowest BCUT2D eigenvalue weighted by Crippen LogP contribution is -2.52. The van der Waals surface area contributed by atoms with Crippen LogP contribution in [0.5, 0.6) is 0 Å². The van der Waals surface area contributed by atoms with Crippen molar-refractivity contribution >= 4 is 8.32 Å². The molecule has 8 unspecified atom stereocenters. The van der Waals surface area contributed by atoms with E-state index in [1.807, 2.05) is 0 Å². The van der Waals surface area contributed by atoms with E-state index in [-0.39, 0.29) is 0 Å². The third kappa shape index (κ3) is 3.83. The van der Waals surface area contributed by atoms with Gasteiger partial charge in [0, 0.05) is 12.7 Å². The van der Waals surface area contributed by atoms with Gasteiger partial charge in [0.2, 0.25) is 0 Å². The third-order valence-electron chi connectivity index (χ3n) is 11.4. The minimum atomic E-state index is -1.71. The van der Waals surface area contributed by atoms with E-state index >= 15 is 0 Å². The molecule has 8 atom stereocenters. The van der Waals surface area contributed by atoms with Crippen LogP contribution >= 0.6 is 0 Å². The predicted octanol–water partition coefficient (Wildman–Crippen LogP) is 7.58. The molecule has 2 nitrogen and oxygen atoms in total. The molecule has 0 aromatic carbocycles. The van der Waals surface area contributed by atoms with E-state index in [2.05, 4.69) is 60.7 Å². The Balaban J connectivity index is 1.52. The van der Waals surface area contributed by atoms with Crippen molar-refractivity contribution in [3.05, 3.63) is 11.6 Å². The third-order valence-corrected chi connectivity index (χ3v) is 15.9. The second-order valence-electron chi connectivity index (χ2n) is 13.9. The average molecular weight is 447 g/mol. The molecule has 4 aliphatic rings. The summed E-state index contributed by atoms with van der Waals surface area (Å²) in [6, 6.07) is 0. The van der Waals surface area contributed by atoms with Crippen molar-refractivity contribution < 1.29 is 9.53 Å². The summed E-state index contributed by atoms with van der Waals surface area (Å²) in [4.78, 5) is 0. The smallest absolute Gasteiger partial charge is 0.192 e. The zero-order chi connectivity index (χ0) is 22.8. The molecule has 0 aromatic heterocycles. The van der Waals surface area contributed by atoms with E-state index in [1.165, 1.54) is 51.4 Å². The first-order valence-corrected chi connectivity index (χ1v) is 16.2. The number of fused-ring (bicyclic) bond motifs is 5. The highest BCUT2D eigenvalue weighted by molar-refractivity contribution is 6.74. The Kier molecular flexibility index (Phi) is 6.18. The Hall–Kier alpha value is -0.123. The maximum atomic E-state index is 9.86. The van der Waals surface area contributed by atoms with Crippen molar-refractivity contribution in [2.24, 2.45) is 40.4 Å². The number of aliphatic hydroxyl groups excluding tert-OH is 1. The quantitative estimate of drug-likeness (QED) is 0.356. The van der Waals surface area contributed by atoms with Gasteiger partial charge in [0.25, 0.3) is 0 Å². The van der Waals surface area contributed by atoms with Gasteiger partial charge < -0.3 is 9.53 Å². The zero-order valence-corrected chi connectivity index (χ0v) is 22.8. The van der Waals surface area contributed by atoms with Gasteiger partial charge in [-0.2, -0.15) is 0 Å². The van der Waals surface area contributed by atoms with Crippen LogP contribution in [0.1, 0.15) is 92.9 Å². The number of allylic oxidation sites excluding steroid dienone is 1. The first kappa shape index (κ1) is 24.0. The molecule has 3 saturated carbocycles. The number of hydrogen-bond acceptors (Lipinski definition) is 2. The molecule has 31 heavy (non-hydrogen) atoms. The summed E-state index contributed by atoms with van der Waals surface area (Å²) in [5, 5.41) is 10.2. The van der Waals surface area contributed by atoms with E-state index in [4.69, 9.17) is 4.43 Å². The lowest BCUT2D eigenvalue weighted by atomic mass is 9.47.